The van der Waals surface area contributed by atoms with Gasteiger partial charge in [0, 0.05) is 43.3 Å². The number of hydrogen-bond acceptors (Lipinski definition) is 8. The van der Waals surface area contributed by atoms with Crippen molar-refractivity contribution in [2.45, 2.75) is 13.5 Å². The highest BCUT2D eigenvalue weighted by Crippen LogP contribution is 2.29. The van der Waals surface area contributed by atoms with Crippen LogP contribution >= 0.6 is 0 Å². The van der Waals surface area contributed by atoms with Crippen LogP contribution in [-0.2, 0) is 6.61 Å². The molecule has 0 unspecified atom stereocenters. The first-order valence-electron chi connectivity index (χ1n) is 10.7. The van der Waals surface area contributed by atoms with Crippen LogP contribution < -0.4 is 15.5 Å². The fourth-order valence-electron chi connectivity index (χ4n) is 3.95. The van der Waals surface area contributed by atoms with Gasteiger partial charge in [-0.05, 0) is 30.7 Å². The van der Waals surface area contributed by atoms with E-state index in [0.29, 0.717) is 17.5 Å². The van der Waals surface area contributed by atoms with Gasteiger partial charge in [-0.1, -0.05) is 24.3 Å². The maximum atomic E-state index is 9.67. The van der Waals surface area contributed by atoms with E-state index in [2.05, 4.69) is 36.6 Å². The Morgan fingerprint density at radius 1 is 1.03 bits per heavy atom. The maximum absolute atomic E-state index is 9.67. The number of nitrogens with zero attached hydrogens (tertiary/aromatic N) is 5. The summed E-state index contributed by atoms with van der Waals surface area (Å²) in [6.07, 6.45) is 3.63. The van der Waals surface area contributed by atoms with Crippen molar-refractivity contribution in [3.8, 4) is 11.3 Å². The third-order valence-corrected chi connectivity index (χ3v) is 5.65. The van der Waals surface area contributed by atoms with Crippen molar-refractivity contribution in [1.29, 1.82) is 0 Å². The predicted octanol–water partition coefficient (Wildman–Crippen LogP) is 3.04. The standard InChI is InChI=1S/C24H25N7O/c1-16-4-2-3-5-20(16)23-22-17(12-18(15-32)28-23)13-27-24(30-22)29-21-7-6-19(14-26-21)31-10-8-25-9-11-31/h2-7,12-14,25,32H,8-11,15H2,1H3,(H,26,27,29,30). The third kappa shape index (κ3) is 4.10. The monoisotopic (exact) mass is 427 g/mol. The molecule has 32 heavy (non-hydrogen) atoms. The summed E-state index contributed by atoms with van der Waals surface area (Å²) >= 11 is 0. The van der Waals surface area contributed by atoms with Gasteiger partial charge < -0.3 is 20.6 Å². The van der Waals surface area contributed by atoms with Crippen molar-refractivity contribution in [3.63, 3.8) is 0 Å². The fourth-order valence-corrected chi connectivity index (χ4v) is 3.95. The van der Waals surface area contributed by atoms with Crippen LogP contribution in [0.2, 0.25) is 0 Å². The molecule has 3 aromatic heterocycles. The first-order chi connectivity index (χ1) is 15.7. The average molecular weight is 428 g/mol. The van der Waals surface area contributed by atoms with Gasteiger partial charge in [0.2, 0.25) is 5.95 Å². The Bertz CT molecular complexity index is 1240. The molecule has 1 aliphatic rings. The molecule has 0 bridgehead atoms. The van der Waals surface area contributed by atoms with Crippen molar-refractivity contribution >= 4 is 28.4 Å². The lowest BCUT2D eigenvalue weighted by Crippen LogP contribution is -2.43. The molecule has 0 amide bonds. The highest BCUT2D eigenvalue weighted by molar-refractivity contribution is 5.92. The van der Waals surface area contributed by atoms with Gasteiger partial charge in [-0.15, -0.1) is 0 Å². The number of aliphatic hydroxyl groups excluding tert-OH is 1. The first kappa shape index (κ1) is 20.3. The summed E-state index contributed by atoms with van der Waals surface area (Å²) in [6.45, 7) is 5.83. The van der Waals surface area contributed by atoms with Gasteiger partial charge in [0.05, 0.1) is 29.9 Å². The number of hydrogen-bond donors (Lipinski definition) is 3. The molecule has 0 aliphatic carbocycles. The van der Waals surface area contributed by atoms with Crippen LogP contribution in [0.15, 0.2) is 54.9 Å². The average Bonchev–Trinajstić information content (AvgIpc) is 2.85. The molecular formula is C24H25N7O. The minimum atomic E-state index is -0.141. The molecule has 1 saturated heterocycles. The Morgan fingerprint density at radius 2 is 1.88 bits per heavy atom. The highest BCUT2D eigenvalue weighted by Gasteiger charge is 2.14. The Kier molecular flexibility index (Phi) is 5.62. The lowest BCUT2D eigenvalue weighted by atomic mass is 10.0. The highest BCUT2D eigenvalue weighted by atomic mass is 16.3. The van der Waals surface area contributed by atoms with Crippen molar-refractivity contribution in [1.82, 2.24) is 25.3 Å². The first-order valence-corrected chi connectivity index (χ1v) is 10.7. The summed E-state index contributed by atoms with van der Waals surface area (Å²) in [7, 11) is 0. The molecule has 8 nitrogen and oxygen atoms in total. The second-order valence-electron chi connectivity index (χ2n) is 7.83. The van der Waals surface area contributed by atoms with E-state index < -0.39 is 0 Å². The van der Waals surface area contributed by atoms with Gasteiger partial charge in [0.1, 0.15) is 11.3 Å². The van der Waals surface area contributed by atoms with Crippen molar-refractivity contribution in [3.05, 3.63) is 66.1 Å². The Labute approximate surface area is 186 Å². The number of rotatable bonds is 5. The summed E-state index contributed by atoms with van der Waals surface area (Å²) in [6, 6.07) is 13.9. The van der Waals surface area contributed by atoms with Gasteiger partial charge in [0.25, 0.3) is 0 Å². The molecule has 5 rings (SSSR count). The van der Waals surface area contributed by atoms with Gasteiger partial charge in [-0.2, -0.15) is 0 Å². The van der Waals surface area contributed by atoms with Crippen LogP contribution in [0.1, 0.15) is 11.3 Å². The quantitative estimate of drug-likeness (QED) is 0.447. The number of benzene rings is 1. The summed E-state index contributed by atoms with van der Waals surface area (Å²) in [4.78, 5) is 20.7. The molecular weight excluding hydrogens is 402 g/mol. The largest absolute Gasteiger partial charge is 0.390 e. The van der Waals surface area contributed by atoms with E-state index in [1.54, 1.807) is 6.20 Å². The summed E-state index contributed by atoms with van der Waals surface area (Å²) < 4.78 is 0. The van der Waals surface area contributed by atoms with Crippen LogP contribution in [0.3, 0.4) is 0 Å². The lowest BCUT2D eigenvalue weighted by Gasteiger charge is -2.29. The SMILES string of the molecule is Cc1ccccc1-c1nc(CO)cc2cnc(Nc3ccc(N4CCNCC4)cn3)nc12. The van der Waals surface area contributed by atoms with Gasteiger partial charge in [-0.3, -0.25) is 0 Å². The van der Waals surface area contributed by atoms with E-state index in [-0.39, 0.29) is 6.61 Å². The summed E-state index contributed by atoms with van der Waals surface area (Å²) in [5.41, 5.74) is 5.23. The van der Waals surface area contributed by atoms with E-state index in [1.165, 1.54) is 0 Å². The predicted molar refractivity (Wildman–Crippen MR) is 126 cm³/mol. The molecule has 0 radical (unpaired) electrons. The van der Waals surface area contributed by atoms with E-state index in [9.17, 15) is 5.11 Å². The summed E-state index contributed by atoms with van der Waals surface area (Å²) in [5, 5.41) is 17.1. The molecule has 1 fully saturated rings. The van der Waals surface area contributed by atoms with Gasteiger partial charge in [0.15, 0.2) is 0 Å². The lowest BCUT2D eigenvalue weighted by molar-refractivity contribution is 0.277. The summed E-state index contributed by atoms with van der Waals surface area (Å²) in [5.74, 6) is 1.13. The van der Waals surface area contributed by atoms with Crippen LogP contribution in [0.5, 0.6) is 0 Å². The molecule has 1 aliphatic heterocycles. The number of aliphatic hydroxyl groups is 1. The molecule has 4 heterocycles. The fraction of sp³-hybridized carbons (Fsp3) is 0.250. The number of fused-ring (bicyclic) bond motifs is 1. The molecule has 0 saturated carbocycles. The zero-order valence-electron chi connectivity index (χ0n) is 17.9. The molecule has 8 heteroatoms. The molecule has 0 atom stereocenters. The Hall–Kier alpha value is -3.62. The Balaban J connectivity index is 1.47. The smallest absolute Gasteiger partial charge is 0.228 e. The van der Waals surface area contributed by atoms with E-state index in [1.807, 2.05) is 49.5 Å². The number of aromatic nitrogens is 4. The molecule has 1 aromatic carbocycles. The molecule has 0 spiro atoms. The van der Waals surface area contributed by atoms with E-state index >= 15 is 0 Å². The van der Waals surface area contributed by atoms with Gasteiger partial charge >= 0.3 is 0 Å². The second-order valence-corrected chi connectivity index (χ2v) is 7.83. The third-order valence-electron chi connectivity index (χ3n) is 5.65. The second kappa shape index (κ2) is 8.86. The molecule has 4 aromatic rings. The zero-order chi connectivity index (χ0) is 21.9. The number of nitrogens with one attached hydrogen (secondary N) is 2. The zero-order valence-corrected chi connectivity index (χ0v) is 17.9. The molecule has 3 N–H and O–H groups in total. The number of piperazine rings is 1. The van der Waals surface area contributed by atoms with Gasteiger partial charge in [-0.25, -0.2) is 19.9 Å². The maximum Gasteiger partial charge on any atom is 0.228 e. The van der Waals surface area contributed by atoms with E-state index in [0.717, 1.165) is 59.6 Å². The van der Waals surface area contributed by atoms with E-state index in [4.69, 9.17) is 4.98 Å². The number of aryl methyl sites for hydroxylation is 1. The normalized spacial score (nSPS) is 14.0. The Morgan fingerprint density at radius 3 is 2.62 bits per heavy atom. The van der Waals surface area contributed by atoms with Crippen molar-refractivity contribution in [2.75, 3.05) is 36.4 Å². The number of pyridine rings is 2. The van der Waals surface area contributed by atoms with Crippen LogP contribution in [-0.4, -0.2) is 51.2 Å². The van der Waals surface area contributed by atoms with Crippen LogP contribution in [0.4, 0.5) is 17.5 Å². The number of anilines is 3. The van der Waals surface area contributed by atoms with Crippen LogP contribution in [0.25, 0.3) is 22.2 Å². The van der Waals surface area contributed by atoms with Crippen LogP contribution in [0, 0.1) is 6.92 Å². The minimum absolute atomic E-state index is 0.141. The minimum Gasteiger partial charge on any atom is -0.390 e. The van der Waals surface area contributed by atoms with Crippen molar-refractivity contribution < 1.29 is 5.11 Å². The topological polar surface area (TPSA) is 99.1 Å². The van der Waals surface area contributed by atoms with Crippen molar-refractivity contribution in [2.24, 2.45) is 0 Å². The molecule has 162 valence electrons.